The van der Waals surface area contributed by atoms with Crippen LogP contribution in [-0.2, 0) is 14.8 Å². The van der Waals surface area contributed by atoms with E-state index in [1.54, 1.807) is 0 Å². The fourth-order valence-corrected chi connectivity index (χ4v) is 3.13. The number of hydrogen-bond donors (Lipinski definition) is 2. The molecule has 1 aromatic heterocycles. The summed E-state index contributed by atoms with van der Waals surface area (Å²) in [5.41, 5.74) is -0.552. The Hall–Kier alpha value is -0.920. The lowest BCUT2D eigenvalue weighted by molar-refractivity contribution is 0.0957. The predicted octanol–water partition coefficient (Wildman–Crippen LogP) is 0.255. The van der Waals surface area contributed by atoms with Crippen molar-refractivity contribution in [3.05, 3.63) is 12.3 Å². The van der Waals surface area contributed by atoms with E-state index >= 15 is 0 Å². The van der Waals surface area contributed by atoms with Crippen molar-refractivity contribution >= 4 is 10.0 Å². The third-order valence-electron chi connectivity index (χ3n) is 3.02. The van der Waals surface area contributed by atoms with Crippen molar-refractivity contribution in [3.8, 4) is 0 Å². The van der Waals surface area contributed by atoms with Crippen LogP contribution < -0.4 is 4.72 Å². The van der Waals surface area contributed by atoms with Gasteiger partial charge >= 0.3 is 0 Å². The van der Waals surface area contributed by atoms with Crippen LogP contribution in [0.4, 0.5) is 0 Å². The van der Waals surface area contributed by atoms with Crippen molar-refractivity contribution in [1.29, 1.82) is 0 Å². The Morgan fingerprint density at radius 1 is 1.69 bits per heavy atom. The maximum Gasteiger partial charge on any atom is 0.258 e. The first-order valence-corrected chi connectivity index (χ1v) is 6.57. The van der Waals surface area contributed by atoms with E-state index in [1.807, 2.05) is 13.8 Å². The lowest BCUT2D eigenvalue weighted by atomic mass is 9.97. The summed E-state index contributed by atoms with van der Waals surface area (Å²) in [7, 11) is -3.54. The van der Waals surface area contributed by atoms with E-state index in [0.29, 0.717) is 13.0 Å². The molecular weight excluding hydrogens is 230 g/mol. The monoisotopic (exact) mass is 245 g/mol. The summed E-state index contributed by atoms with van der Waals surface area (Å²) in [6.07, 6.45) is 1.94. The number of ether oxygens (including phenoxy) is 1. The Bertz CT molecular complexity index is 456. The molecule has 1 fully saturated rings. The van der Waals surface area contributed by atoms with Gasteiger partial charge in [-0.05, 0) is 26.3 Å². The molecule has 0 saturated carbocycles. The second-order valence-electron chi connectivity index (χ2n) is 4.21. The van der Waals surface area contributed by atoms with Crippen LogP contribution in [0, 0.1) is 0 Å². The van der Waals surface area contributed by atoms with E-state index in [2.05, 4.69) is 14.9 Å². The zero-order valence-electron chi connectivity index (χ0n) is 9.23. The topological polar surface area (TPSA) is 84.1 Å². The zero-order valence-corrected chi connectivity index (χ0v) is 10.0. The average Bonchev–Trinajstić information content (AvgIpc) is 2.77. The number of hydrogen-bond acceptors (Lipinski definition) is 4. The first-order chi connectivity index (χ1) is 7.44. The van der Waals surface area contributed by atoms with E-state index in [9.17, 15) is 8.42 Å². The van der Waals surface area contributed by atoms with Gasteiger partial charge in [-0.1, -0.05) is 0 Å². The Kier molecular flexibility index (Phi) is 2.77. The highest BCUT2D eigenvalue weighted by atomic mass is 32.2. The van der Waals surface area contributed by atoms with Crippen LogP contribution >= 0.6 is 0 Å². The number of H-pyrrole nitrogens is 1. The Balaban J connectivity index is 2.22. The van der Waals surface area contributed by atoms with Gasteiger partial charge < -0.3 is 4.74 Å². The molecule has 2 heterocycles. The molecule has 1 aliphatic rings. The molecule has 16 heavy (non-hydrogen) atoms. The van der Waals surface area contributed by atoms with Crippen LogP contribution in [-0.4, -0.2) is 36.9 Å². The number of rotatable bonds is 3. The van der Waals surface area contributed by atoms with E-state index in [1.165, 1.54) is 12.3 Å². The van der Waals surface area contributed by atoms with Crippen LogP contribution in [0.1, 0.15) is 20.3 Å². The summed E-state index contributed by atoms with van der Waals surface area (Å²) in [5, 5.41) is 6.15. The van der Waals surface area contributed by atoms with Gasteiger partial charge in [-0.15, -0.1) is 0 Å². The van der Waals surface area contributed by atoms with Gasteiger partial charge in [0, 0.05) is 6.61 Å². The number of sulfonamides is 1. The second kappa shape index (κ2) is 3.83. The Morgan fingerprint density at radius 2 is 2.44 bits per heavy atom. The molecule has 2 rings (SSSR count). The molecule has 1 aromatic rings. The molecule has 6 nitrogen and oxygen atoms in total. The van der Waals surface area contributed by atoms with Crippen LogP contribution in [0.5, 0.6) is 0 Å². The molecule has 0 aliphatic carbocycles. The van der Waals surface area contributed by atoms with Crippen LogP contribution in [0.2, 0.25) is 0 Å². The molecule has 0 bridgehead atoms. The normalized spacial score (nSPS) is 30.8. The SMILES string of the molecule is CC1OCCC1(C)NS(=O)(=O)c1ccn[nH]1. The molecule has 2 atom stereocenters. The molecule has 1 saturated heterocycles. The molecule has 2 unspecified atom stereocenters. The first-order valence-electron chi connectivity index (χ1n) is 5.09. The summed E-state index contributed by atoms with van der Waals surface area (Å²) in [6.45, 7) is 4.28. The summed E-state index contributed by atoms with van der Waals surface area (Å²) in [5.74, 6) is 0. The van der Waals surface area contributed by atoms with E-state index < -0.39 is 15.6 Å². The van der Waals surface area contributed by atoms with Gasteiger partial charge in [0.1, 0.15) is 0 Å². The zero-order chi connectivity index (χ0) is 11.8. The van der Waals surface area contributed by atoms with Gasteiger partial charge in [-0.2, -0.15) is 5.10 Å². The third-order valence-corrected chi connectivity index (χ3v) is 4.56. The number of aromatic amines is 1. The van der Waals surface area contributed by atoms with Crippen LogP contribution in [0.25, 0.3) is 0 Å². The number of nitrogens with one attached hydrogen (secondary N) is 2. The number of nitrogens with zero attached hydrogens (tertiary/aromatic N) is 1. The minimum absolute atomic E-state index is 0.0767. The van der Waals surface area contributed by atoms with Crippen LogP contribution in [0.15, 0.2) is 17.3 Å². The van der Waals surface area contributed by atoms with Crippen molar-refractivity contribution in [3.63, 3.8) is 0 Å². The Morgan fingerprint density at radius 3 is 2.94 bits per heavy atom. The first kappa shape index (κ1) is 11.6. The molecular formula is C9H15N3O3S. The standard InChI is InChI=1S/C9H15N3O3S/c1-7-9(2,4-6-15-7)12-16(13,14)8-3-5-10-11-8/h3,5,7,12H,4,6H2,1-2H3,(H,10,11). The predicted molar refractivity (Wildman–Crippen MR) is 57.3 cm³/mol. The van der Waals surface area contributed by atoms with E-state index in [-0.39, 0.29) is 11.1 Å². The van der Waals surface area contributed by atoms with Crippen molar-refractivity contribution in [2.75, 3.05) is 6.61 Å². The van der Waals surface area contributed by atoms with Gasteiger partial charge in [-0.25, -0.2) is 13.1 Å². The maximum atomic E-state index is 12.0. The van der Waals surface area contributed by atoms with Crippen molar-refractivity contribution < 1.29 is 13.2 Å². The third kappa shape index (κ3) is 1.98. The molecule has 1 aliphatic heterocycles. The highest BCUT2D eigenvalue weighted by Gasteiger charge is 2.40. The van der Waals surface area contributed by atoms with E-state index in [4.69, 9.17) is 4.74 Å². The van der Waals surface area contributed by atoms with Crippen molar-refractivity contribution in [1.82, 2.24) is 14.9 Å². The molecule has 0 aromatic carbocycles. The molecule has 90 valence electrons. The average molecular weight is 245 g/mol. The molecule has 0 spiro atoms. The lowest BCUT2D eigenvalue weighted by Crippen LogP contribution is -2.50. The van der Waals surface area contributed by atoms with Gasteiger partial charge in [0.25, 0.3) is 10.0 Å². The van der Waals surface area contributed by atoms with E-state index in [0.717, 1.165) is 0 Å². The maximum absolute atomic E-state index is 12.0. The summed E-state index contributed by atoms with van der Waals surface area (Å²) in [4.78, 5) is 0. The van der Waals surface area contributed by atoms with Crippen molar-refractivity contribution in [2.45, 2.75) is 36.9 Å². The summed E-state index contributed by atoms with van der Waals surface area (Å²) in [6, 6.07) is 1.42. The fraction of sp³-hybridized carbons (Fsp3) is 0.667. The highest BCUT2D eigenvalue weighted by molar-refractivity contribution is 7.89. The van der Waals surface area contributed by atoms with Gasteiger partial charge in [-0.3, -0.25) is 5.10 Å². The second-order valence-corrected chi connectivity index (χ2v) is 5.86. The minimum Gasteiger partial charge on any atom is -0.376 e. The Labute approximate surface area is 94.4 Å². The largest absolute Gasteiger partial charge is 0.376 e. The van der Waals surface area contributed by atoms with Crippen molar-refractivity contribution in [2.24, 2.45) is 0 Å². The van der Waals surface area contributed by atoms with Gasteiger partial charge in [0.05, 0.1) is 17.8 Å². The fourth-order valence-electron chi connectivity index (χ4n) is 1.72. The highest BCUT2D eigenvalue weighted by Crippen LogP contribution is 2.26. The molecule has 7 heteroatoms. The minimum atomic E-state index is -3.54. The molecule has 0 radical (unpaired) electrons. The van der Waals surface area contributed by atoms with Crippen LogP contribution in [0.3, 0.4) is 0 Å². The molecule has 2 N–H and O–H groups in total. The van der Waals surface area contributed by atoms with Gasteiger partial charge in [0.2, 0.25) is 0 Å². The lowest BCUT2D eigenvalue weighted by Gasteiger charge is -2.27. The smallest absolute Gasteiger partial charge is 0.258 e. The number of aromatic nitrogens is 2. The molecule has 0 amide bonds. The van der Waals surface area contributed by atoms with Gasteiger partial charge in [0.15, 0.2) is 5.03 Å². The summed E-state index contributed by atoms with van der Waals surface area (Å²) >= 11 is 0. The quantitative estimate of drug-likeness (QED) is 0.799. The summed E-state index contributed by atoms with van der Waals surface area (Å²) < 4.78 is 32.0.